The van der Waals surface area contributed by atoms with E-state index in [1.807, 2.05) is 30.3 Å². The standard InChI is InChI=1S/C15H15N3O2/c19-15(20)18-12-7-3-4-10(12)8-11-9-16-13-5-1-2-6-14(13)17-11/h1-2,5-6,8-9,12,18H,3-4,7H2,(H,19,20)/b10-8+. The molecular formula is C15H15N3O2. The molecule has 5 nitrogen and oxygen atoms in total. The second-order valence-electron chi connectivity index (χ2n) is 4.90. The lowest BCUT2D eigenvalue weighted by atomic mass is 10.1. The van der Waals surface area contributed by atoms with Crippen LogP contribution in [0.25, 0.3) is 17.1 Å². The van der Waals surface area contributed by atoms with Crippen LogP contribution in [0.5, 0.6) is 0 Å². The van der Waals surface area contributed by atoms with E-state index in [2.05, 4.69) is 15.3 Å². The maximum absolute atomic E-state index is 10.8. The van der Waals surface area contributed by atoms with Crippen LogP contribution in [0.15, 0.2) is 36.0 Å². The number of rotatable bonds is 2. The number of nitrogens with one attached hydrogen (secondary N) is 1. The van der Waals surface area contributed by atoms with E-state index in [-0.39, 0.29) is 6.04 Å². The van der Waals surface area contributed by atoms with Gasteiger partial charge in [-0.2, -0.15) is 0 Å². The van der Waals surface area contributed by atoms with Crippen molar-refractivity contribution in [3.05, 3.63) is 41.7 Å². The molecular weight excluding hydrogens is 254 g/mol. The van der Waals surface area contributed by atoms with Crippen molar-refractivity contribution in [3.8, 4) is 0 Å². The normalized spacial score (nSPS) is 20.4. The van der Waals surface area contributed by atoms with Crippen molar-refractivity contribution in [3.63, 3.8) is 0 Å². The number of carboxylic acid groups (broad SMARTS) is 1. The molecule has 0 aliphatic heterocycles. The van der Waals surface area contributed by atoms with Crippen molar-refractivity contribution in [1.82, 2.24) is 15.3 Å². The van der Waals surface area contributed by atoms with E-state index in [9.17, 15) is 4.79 Å². The van der Waals surface area contributed by atoms with Crippen LogP contribution in [0.3, 0.4) is 0 Å². The molecule has 1 aliphatic carbocycles. The number of hydrogen-bond donors (Lipinski definition) is 2. The molecule has 2 aromatic rings. The molecule has 1 aromatic heterocycles. The van der Waals surface area contributed by atoms with Crippen molar-refractivity contribution in [2.75, 3.05) is 0 Å². The minimum atomic E-state index is -0.979. The lowest BCUT2D eigenvalue weighted by Crippen LogP contribution is -2.32. The first-order chi connectivity index (χ1) is 9.72. The molecule has 2 N–H and O–H groups in total. The molecule has 20 heavy (non-hydrogen) atoms. The first kappa shape index (κ1) is 12.6. The number of hydrogen-bond acceptors (Lipinski definition) is 3. The molecule has 0 bridgehead atoms. The largest absolute Gasteiger partial charge is 0.465 e. The number of nitrogens with zero attached hydrogens (tertiary/aromatic N) is 2. The van der Waals surface area contributed by atoms with Crippen molar-refractivity contribution >= 4 is 23.2 Å². The van der Waals surface area contributed by atoms with Gasteiger partial charge in [0, 0.05) is 0 Å². The first-order valence-corrected chi connectivity index (χ1v) is 6.64. The first-order valence-electron chi connectivity index (χ1n) is 6.64. The number of benzene rings is 1. The van der Waals surface area contributed by atoms with E-state index in [0.29, 0.717) is 0 Å². The number of amides is 1. The van der Waals surface area contributed by atoms with Gasteiger partial charge in [0.05, 0.1) is 29.0 Å². The maximum Gasteiger partial charge on any atom is 0.405 e. The third-order valence-corrected chi connectivity index (χ3v) is 3.50. The van der Waals surface area contributed by atoms with Crippen molar-refractivity contribution < 1.29 is 9.90 Å². The molecule has 1 aromatic carbocycles. The average Bonchev–Trinajstić information content (AvgIpc) is 2.85. The smallest absolute Gasteiger partial charge is 0.405 e. The quantitative estimate of drug-likeness (QED) is 0.879. The topological polar surface area (TPSA) is 75.1 Å². The Labute approximate surface area is 116 Å². The van der Waals surface area contributed by atoms with Gasteiger partial charge in [-0.15, -0.1) is 0 Å². The summed E-state index contributed by atoms with van der Waals surface area (Å²) in [7, 11) is 0. The van der Waals surface area contributed by atoms with E-state index >= 15 is 0 Å². The molecule has 0 saturated heterocycles. The Morgan fingerprint density at radius 2 is 2.15 bits per heavy atom. The molecule has 1 heterocycles. The van der Waals surface area contributed by atoms with Gasteiger partial charge in [-0.3, -0.25) is 4.98 Å². The Morgan fingerprint density at radius 1 is 1.35 bits per heavy atom. The monoisotopic (exact) mass is 269 g/mol. The summed E-state index contributed by atoms with van der Waals surface area (Å²) in [5.74, 6) is 0. The predicted octanol–water partition coefficient (Wildman–Crippen LogP) is 2.83. The van der Waals surface area contributed by atoms with Crippen LogP contribution in [0, 0.1) is 0 Å². The maximum atomic E-state index is 10.8. The molecule has 1 fully saturated rings. The highest BCUT2D eigenvalue weighted by atomic mass is 16.4. The van der Waals surface area contributed by atoms with E-state index < -0.39 is 6.09 Å². The lowest BCUT2D eigenvalue weighted by Gasteiger charge is -2.11. The Hall–Kier alpha value is -2.43. The van der Waals surface area contributed by atoms with Gasteiger partial charge >= 0.3 is 6.09 Å². The molecule has 3 rings (SSSR count). The summed E-state index contributed by atoms with van der Waals surface area (Å²) >= 11 is 0. The highest BCUT2D eigenvalue weighted by Gasteiger charge is 2.22. The van der Waals surface area contributed by atoms with Crippen LogP contribution in [0.1, 0.15) is 25.0 Å². The van der Waals surface area contributed by atoms with Crippen molar-refractivity contribution in [2.45, 2.75) is 25.3 Å². The van der Waals surface area contributed by atoms with Gasteiger partial charge in [-0.05, 0) is 43.0 Å². The molecule has 1 aliphatic rings. The Balaban J connectivity index is 1.90. The van der Waals surface area contributed by atoms with Gasteiger partial charge in [0.15, 0.2) is 0 Å². The van der Waals surface area contributed by atoms with Gasteiger partial charge < -0.3 is 10.4 Å². The summed E-state index contributed by atoms with van der Waals surface area (Å²) in [6, 6.07) is 7.60. The van der Waals surface area contributed by atoms with Gasteiger partial charge in [0.2, 0.25) is 0 Å². The van der Waals surface area contributed by atoms with E-state index in [1.165, 1.54) is 0 Å². The molecule has 5 heteroatoms. The minimum absolute atomic E-state index is 0.0965. The highest BCUT2D eigenvalue weighted by Crippen LogP contribution is 2.26. The molecule has 1 amide bonds. The molecule has 0 spiro atoms. The van der Waals surface area contributed by atoms with Crippen LogP contribution < -0.4 is 5.32 Å². The molecule has 1 atom stereocenters. The summed E-state index contributed by atoms with van der Waals surface area (Å²) in [5.41, 5.74) is 3.57. The fraction of sp³-hybridized carbons (Fsp3) is 0.267. The molecule has 1 saturated carbocycles. The van der Waals surface area contributed by atoms with E-state index in [1.54, 1.807) is 6.20 Å². The van der Waals surface area contributed by atoms with Gasteiger partial charge in [-0.25, -0.2) is 9.78 Å². The van der Waals surface area contributed by atoms with Gasteiger partial charge in [0.1, 0.15) is 0 Å². The second kappa shape index (κ2) is 5.28. The summed E-state index contributed by atoms with van der Waals surface area (Å²) in [6.07, 6.45) is 5.45. The fourth-order valence-corrected chi connectivity index (χ4v) is 2.59. The molecule has 102 valence electrons. The van der Waals surface area contributed by atoms with Gasteiger partial charge in [-0.1, -0.05) is 12.1 Å². The zero-order valence-electron chi connectivity index (χ0n) is 10.9. The van der Waals surface area contributed by atoms with E-state index in [4.69, 9.17) is 5.11 Å². The number of aromatic nitrogens is 2. The zero-order chi connectivity index (χ0) is 13.9. The Bertz CT molecular complexity index is 682. The predicted molar refractivity (Wildman–Crippen MR) is 76.3 cm³/mol. The average molecular weight is 269 g/mol. The van der Waals surface area contributed by atoms with Crippen LogP contribution in [-0.4, -0.2) is 27.2 Å². The lowest BCUT2D eigenvalue weighted by molar-refractivity contribution is 0.192. The Morgan fingerprint density at radius 3 is 2.95 bits per heavy atom. The highest BCUT2D eigenvalue weighted by molar-refractivity contribution is 5.75. The third kappa shape index (κ3) is 2.61. The zero-order valence-corrected chi connectivity index (χ0v) is 10.9. The number of carbonyl (C=O) groups is 1. The summed E-state index contributed by atoms with van der Waals surface area (Å²) < 4.78 is 0. The Kier molecular flexibility index (Phi) is 3.33. The molecule has 0 radical (unpaired) electrons. The van der Waals surface area contributed by atoms with Crippen molar-refractivity contribution in [1.29, 1.82) is 0 Å². The van der Waals surface area contributed by atoms with Crippen LogP contribution in [0.4, 0.5) is 4.79 Å². The molecule has 1 unspecified atom stereocenters. The van der Waals surface area contributed by atoms with Gasteiger partial charge in [0.25, 0.3) is 0 Å². The minimum Gasteiger partial charge on any atom is -0.465 e. The number of fused-ring (bicyclic) bond motifs is 1. The summed E-state index contributed by atoms with van der Waals surface area (Å²) in [6.45, 7) is 0. The number of para-hydroxylation sites is 2. The fourth-order valence-electron chi connectivity index (χ4n) is 2.59. The summed E-state index contributed by atoms with van der Waals surface area (Å²) in [5, 5.41) is 11.4. The van der Waals surface area contributed by atoms with Crippen LogP contribution in [0.2, 0.25) is 0 Å². The van der Waals surface area contributed by atoms with Crippen LogP contribution >= 0.6 is 0 Å². The van der Waals surface area contributed by atoms with E-state index in [0.717, 1.165) is 41.6 Å². The SMILES string of the molecule is O=C(O)NC1CCC/C1=C\c1cnc2ccccc2n1. The van der Waals surface area contributed by atoms with Crippen LogP contribution in [-0.2, 0) is 0 Å². The summed E-state index contributed by atoms with van der Waals surface area (Å²) in [4.78, 5) is 19.7. The van der Waals surface area contributed by atoms with Crippen molar-refractivity contribution in [2.24, 2.45) is 0 Å². The second-order valence-corrected chi connectivity index (χ2v) is 4.90. The third-order valence-electron chi connectivity index (χ3n) is 3.50.